The molecule has 2 aromatic heterocycles. The van der Waals surface area contributed by atoms with Crippen molar-refractivity contribution in [3.05, 3.63) is 53.4 Å². The zero-order chi connectivity index (χ0) is 21.8. The van der Waals surface area contributed by atoms with E-state index in [0.29, 0.717) is 28.5 Å². The van der Waals surface area contributed by atoms with E-state index in [-0.39, 0.29) is 17.2 Å². The molecule has 1 saturated carbocycles. The summed E-state index contributed by atoms with van der Waals surface area (Å²) < 4.78 is 7.54. The summed E-state index contributed by atoms with van der Waals surface area (Å²) in [6.45, 7) is 4.62. The van der Waals surface area contributed by atoms with Crippen LogP contribution in [0, 0.1) is 5.92 Å². The third-order valence-corrected chi connectivity index (χ3v) is 7.14. The standard InChI is InChI=1S/C23H27ClN4O2S/c1-15-6-3-4-8-20(15)25-22(29)16(2)31-23-27-26-21(17-9-11-18(24)12-10-17)28(23)14-19-7-5-13-30-19/h5,7,9-13,15-16,20H,3-4,6,8,14H2,1-2H3,(H,25,29). The van der Waals surface area contributed by atoms with Crippen LogP contribution in [-0.4, -0.2) is 32.0 Å². The minimum atomic E-state index is -0.285. The Kier molecular flexibility index (Phi) is 7.02. The van der Waals surface area contributed by atoms with Gasteiger partial charge in [-0.15, -0.1) is 10.2 Å². The van der Waals surface area contributed by atoms with Gasteiger partial charge in [-0.3, -0.25) is 9.36 Å². The first kappa shape index (κ1) is 22.0. The van der Waals surface area contributed by atoms with Gasteiger partial charge in [0.15, 0.2) is 11.0 Å². The second-order valence-electron chi connectivity index (χ2n) is 8.12. The van der Waals surface area contributed by atoms with Gasteiger partial charge in [0.05, 0.1) is 18.1 Å². The number of benzene rings is 1. The molecule has 0 saturated heterocycles. The van der Waals surface area contributed by atoms with Gasteiger partial charge in [-0.1, -0.05) is 43.1 Å². The molecule has 3 atom stereocenters. The predicted octanol–water partition coefficient (Wildman–Crippen LogP) is 5.42. The number of hydrogen-bond acceptors (Lipinski definition) is 5. The molecule has 1 aromatic carbocycles. The number of nitrogens with one attached hydrogen (secondary N) is 1. The number of rotatable bonds is 7. The summed E-state index contributed by atoms with van der Waals surface area (Å²) in [5.74, 6) is 2.08. The first-order valence-electron chi connectivity index (χ1n) is 10.7. The zero-order valence-electron chi connectivity index (χ0n) is 17.8. The molecule has 1 N–H and O–H groups in total. The summed E-state index contributed by atoms with van der Waals surface area (Å²) in [6, 6.07) is 11.5. The van der Waals surface area contributed by atoms with Crippen LogP contribution < -0.4 is 5.32 Å². The van der Waals surface area contributed by atoms with E-state index in [0.717, 1.165) is 17.7 Å². The molecular formula is C23H27ClN4O2S. The Balaban J connectivity index is 1.54. The lowest BCUT2D eigenvalue weighted by atomic mass is 9.86. The number of furan rings is 1. The fraction of sp³-hybridized carbons (Fsp3) is 0.435. The van der Waals surface area contributed by atoms with Crippen LogP contribution in [0.15, 0.2) is 52.2 Å². The lowest BCUT2D eigenvalue weighted by Crippen LogP contribution is -2.44. The highest BCUT2D eigenvalue weighted by atomic mass is 35.5. The fourth-order valence-corrected chi connectivity index (χ4v) is 4.92. The second kappa shape index (κ2) is 9.92. The van der Waals surface area contributed by atoms with Gasteiger partial charge in [-0.05, 0) is 62.1 Å². The van der Waals surface area contributed by atoms with E-state index >= 15 is 0 Å². The van der Waals surface area contributed by atoms with Crippen molar-refractivity contribution in [2.45, 2.75) is 62.5 Å². The Morgan fingerprint density at radius 3 is 2.74 bits per heavy atom. The molecule has 1 amide bonds. The quantitative estimate of drug-likeness (QED) is 0.479. The van der Waals surface area contributed by atoms with Gasteiger partial charge in [0, 0.05) is 16.6 Å². The van der Waals surface area contributed by atoms with Crippen molar-refractivity contribution in [3.63, 3.8) is 0 Å². The van der Waals surface area contributed by atoms with Crippen LogP contribution in [0.2, 0.25) is 5.02 Å². The topological polar surface area (TPSA) is 73.0 Å². The van der Waals surface area contributed by atoms with E-state index in [9.17, 15) is 4.79 Å². The van der Waals surface area contributed by atoms with E-state index in [4.69, 9.17) is 16.0 Å². The number of nitrogens with zero attached hydrogens (tertiary/aromatic N) is 3. The molecule has 0 spiro atoms. The van der Waals surface area contributed by atoms with Crippen LogP contribution in [0.3, 0.4) is 0 Å². The van der Waals surface area contributed by atoms with E-state index in [1.165, 1.54) is 31.0 Å². The highest BCUT2D eigenvalue weighted by Gasteiger charge is 2.27. The third-order valence-electron chi connectivity index (χ3n) is 5.80. The van der Waals surface area contributed by atoms with Gasteiger partial charge >= 0.3 is 0 Å². The molecule has 3 aromatic rings. The highest BCUT2D eigenvalue weighted by Crippen LogP contribution is 2.29. The van der Waals surface area contributed by atoms with Gasteiger partial charge in [0.25, 0.3) is 0 Å². The Morgan fingerprint density at radius 2 is 2.03 bits per heavy atom. The van der Waals surface area contributed by atoms with Crippen molar-refractivity contribution in [2.75, 3.05) is 0 Å². The summed E-state index contributed by atoms with van der Waals surface area (Å²) in [7, 11) is 0. The second-order valence-corrected chi connectivity index (χ2v) is 9.86. The summed E-state index contributed by atoms with van der Waals surface area (Å²) >= 11 is 7.46. The van der Waals surface area contributed by atoms with Crippen LogP contribution in [0.5, 0.6) is 0 Å². The molecule has 0 radical (unpaired) electrons. The number of amides is 1. The Labute approximate surface area is 191 Å². The number of carbonyl (C=O) groups is 1. The number of aromatic nitrogens is 3. The van der Waals surface area contributed by atoms with Gasteiger partial charge < -0.3 is 9.73 Å². The Bertz CT molecular complexity index is 1000. The summed E-state index contributed by atoms with van der Waals surface area (Å²) in [5.41, 5.74) is 0.906. The minimum absolute atomic E-state index is 0.0457. The maximum absolute atomic E-state index is 12.9. The third kappa shape index (κ3) is 5.33. The van der Waals surface area contributed by atoms with Gasteiger partial charge in [-0.25, -0.2) is 0 Å². The van der Waals surface area contributed by atoms with Crippen LogP contribution >= 0.6 is 23.4 Å². The number of hydrogen-bond donors (Lipinski definition) is 1. The van der Waals surface area contributed by atoms with Crippen molar-refractivity contribution >= 4 is 29.3 Å². The summed E-state index contributed by atoms with van der Waals surface area (Å²) in [5, 5.41) is 13.1. The minimum Gasteiger partial charge on any atom is -0.467 e. The fourth-order valence-electron chi connectivity index (χ4n) is 3.93. The van der Waals surface area contributed by atoms with Crippen molar-refractivity contribution in [3.8, 4) is 11.4 Å². The average molecular weight is 459 g/mol. The normalized spacial score (nSPS) is 19.8. The van der Waals surface area contributed by atoms with Crippen LogP contribution in [0.4, 0.5) is 0 Å². The maximum Gasteiger partial charge on any atom is 0.233 e. The number of halogens is 1. The molecule has 0 aliphatic heterocycles. The van der Waals surface area contributed by atoms with E-state index < -0.39 is 0 Å². The van der Waals surface area contributed by atoms with Crippen molar-refractivity contribution in [1.82, 2.24) is 20.1 Å². The monoisotopic (exact) mass is 458 g/mol. The molecule has 3 unspecified atom stereocenters. The molecule has 31 heavy (non-hydrogen) atoms. The molecule has 2 heterocycles. The molecule has 1 aliphatic carbocycles. The zero-order valence-corrected chi connectivity index (χ0v) is 19.3. The molecule has 1 fully saturated rings. The molecule has 8 heteroatoms. The van der Waals surface area contributed by atoms with Crippen molar-refractivity contribution in [1.29, 1.82) is 0 Å². The first-order valence-corrected chi connectivity index (χ1v) is 12.0. The van der Waals surface area contributed by atoms with Crippen molar-refractivity contribution < 1.29 is 9.21 Å². The average Bonchev–Trinajstić information content (AvgIpc) is 3.41. The Hall–Kier alpha value is -2.25. The van der Waals surface area contributed by atoms with Gasteiger partial charge in [-0.2, -0.15) is 0 Å². The molecule has 6 nitrogen and oxygen atoms in total. The van der Waals surface area contributed by atoms with Gasteiger partial charge in [0.2, 0.25) is 5.91 Å². The highest BCUT2D eigenvalue weighted by molar-refractivity contribution is 8.00. The van der Waals surface area contributed by atoms with E-state index in [1.54, 1.807) is 6.26 Å². The molecule has 4 rings (SSSR count). The lowest BCUT2D eigenvalue weighted by Gasteiger charge is -2.30. The Morgan fingerprint density at radius 1 is 1.26 bits per heavy atom. The van der Waals surface area contributed by atoms with Crippen molar-refractivity contribution in [2.24, 2.45) is 5.92 Å². The SMILES string of the molecule is CC(Sc1nnc(-c2ccc(Cl)cc2)n1Cc1ccco1)C(=O)NC1CCCCC1C. The molecule has 0 bridgehead atoms. The van der Waals surface area contributed by atoms with E-state index in [2.05, 4.69) is 22.4 Å². The smallest absolute Gasteiger partial charge is 0.233 e. The van der Waals surface area contributed by atoms with Crippen LogP contribution in [-0.2, 0) is 11.3 Å². The summed E-state index contributed by atoms with van der Waals surface area (Å²) in [4.78, 5) is 12.9. The van der Waals surface area contributed by atoms with Crippen LogP contribution in [0.25, 0.3) is 11.4 Å². The summed E-state index contributed by atoms with van der Waals surface area (Å²) in [6.07, 6.45) is 6.31. The van der Waals surface area contributed by atoms with E-state index in [1.807, 2.05) is 47.9 Å². The van der Waals surface area contributed by atoms with Crippen LogP contribution in [0.1, 0.15) is 45.3 Å². The lowest BCUT2D eigenvalue weighted by molar-refractivity contribution is -0.121. The van der Waals surface area contributed by atoms with Gasteiger partial charge in [0.1, 0.15) is 5.76 Å². The maximum atomic E-state index is 12.9. The first-order chi connectivity index (χ1) is 15.0. The molecular weight excluding hydrogens is 432 g/mol. The molecule has 1 aliphatic rings. The largest absolute Gasteiger partial charge is 0.467 e. The predicted molar refractivity (Wildman–Crippen MR) is 123 cm³/mol. The number of carbonyl (C=O) groups excluding carboxylic acids is 1. The molecule has 164 valence electrons. The number of thioether (sulfide) groups is 1.